The molecule has 0 aromatic heterocycles. The Bertz CT molecular complexity index is 659. The van der Waals surface area contributed by atoms with Crippen LogP contribution in [-0.2, 0) is 19.3 Å². The van der Waals surface area contributed by atoms with Crippen molar-refractivity contribution in [3.05, 3.63) is 30.3 Å². The average Bonchev–Trinajstić information content (AvgIpc) is 3.18. The number of hydrogen-bond donors (Lipinski definition) is 2. The SMILES string of the molecule is CCNC(=NCCCOCC1CCOC1)NCCS(=O)(=O)c1ccccc1. The molecule has 27 heavy (non-hydrogen) atoms. The molecule has 2 N–H and O–H groups in total. The van der Waals surface area contributed by atoms with Crippen LogP contribution in [-0.4, -0.2) is 66.2 Å². The molecule has 1 heterocycles. The van der Waals surface area contributed by atoms with E-state index >= 15 is 0 Å². The highest BCUT2D eigenvalue weighted by atomic mass is 32.2. The minimum absolute atomic E-state index is 0.0218. The maximum absolute atomic E-state index is 12.3. The fourth-order valence-electron chi connectivity index (χ4n) is 2.71. The lowest BCUT2D eigenvalue weighted by atomic mass is 10.1. The first-order valence-electron chi connectivity index (χ1n) is 9.57. The van der Waals surface area contributed by atoms with E-state index in [0.717, 1.165) is 39.2 Å². The summed E-state index contributed by atoms with van der Waals surface area (Å²) in [5.41, 5.74) is 0. The number of sulfone groups is 1. The summed E-state index contributed by atoms with van der Waals surface area (Å²) in [6.07, 6.45) is 1.91. The summed E-state index contributed by atoms with van der Waals surface area (Å²) in [4.78, 5) is 4.82. The van der Waals surface area contributed by atoms with Crippen molar-refractivity contribution in [3.8, 4) is 0 Å². The number of nitrogens with zero attached hydrogens (tertiary/aromatic N) is 1. The van der Waals surface area contributed by atoms with Gasteiger partial charge in [0.25, 0.3) is 0 Å². The summed E-state index contributed by atoms with van der Waals surface area (Å²) < 4.78 is 35.6. The molecule has 1 aliphatic rings. The molecule has 1 atom stereocenters. The summed E-state index contributed by atoms with van der Waals surface area (Å²) in [6.45, 7) is 6.69. The van der Waals surface area contributed by atoms with Crippen molar-refractivity contribution in [1.82, 2.24) is 10.6 Å². The molecular formula is C19H31N3O4S. The van der Waals surface area contributed by atoms with Crippen molar-refractivity contribution >= 4 is 15.8 Å². The van der Waals surface area contributed by atoms with Gasteiger partial charge in [0.2, 0.25) is 0 Å². The second-order valence-electron chi connectivity index (χ2n) is 6.48. The molecule has 0 spiro atoms. The Morgan fingerprint density at radius 2 is 2.11 bits per heavy atom. The Morgan fingerprint density at radius 1 is 1.30 bits per heavy atom. The second-order valence-corrected chi connectivity index (χ2v) is 8.59. The van der Waals surface area contributed by atoms with Crippen LogP contribution in [0.15, 0.2) is 40.2 Å². The van der Waals surface area contributed by atoms with Gasteiger partial charge in [-0.1, -0.05) is 18.2 Å². The monoisotopic (exact) mass is 397 g/mol. The van der Waals surface area contributed by atoms with Gasteiger partial charge >= 0.3 is 0 Å². The Morgan fingerprint density at radius 3 is 2.81 bits per heavy atom. The Labute approximate surface area is 162 Å². The standard InChI is InChI=1S/C19H31N3O4S/c1-2-20-19(21-10-6-12-25-15-17-9-13-26-16-17)22-11-14-27(23,24)18-7-4-3-5-8-18/h3-5,7-8,17H,2,6,9-16H2,1H3,(H2,20,21,22). The molecule has 8 heteroatoms. The average molecular weight is 398 g/mol. The van der Waals surface area contributed by atoms with Crippen molar-refractivity contribution < 1.29 is 17.9 Å². The topological polar surface area (TPSA) is 89.0 Å². The molecule has 0 radical (unpaired) electrons. The van der Waals surface area contributed by atoms with Crippen LogP contribution in [0.2, 0.25) is 0 Å². The fraction of sp³-hybridized carbons (Fsp3) is 0.632. The first kappa shape index (κ1) is 21.7. The lowest BCUT2D eigenvalue weighted by molar-refractivity contribution is 0.0893. The third kappa shape index (κ3) is 8.28. The number of benzene rings is 1. The molecule has 0 amide bonds. The quantitative estimate of drug-likeness (QED) is 0.334. The number of rotatable bonds is 11. The van der Waals surface area contributed by atoms with Crippen LogP contribution in [0.5, 0.6) is 0 Å². The van der Waals surface area contributed by atoms with Crippen LogP contribution >= 0.6 is 0 Å². The smallest absolute Gasteiger partial charge is 0.191 e. The van der Waals surface area contributed by atoms with E-state index in [1.165, 1.54) is 0 Å². The zero-order chi connectivity index (χ0) is 19.4. The number of aliphatic imine (C=N–C) groups is 1. The summed E-state index contributed by atoms with van der Waals surface area (Å²) in [7, 11) is -3.29. The Hall–Kier alpha value is -1.64. The minimum Gasteiger partial charge on any atom is -0.381 e. The first-order valence-corrected chi connectivity index (χ1v) is 11.2. The van der Waals surface area contributed by atoms with Gasteiger partial charge in [0, 0.05) is 38.8 Å². The van der Waals surface area contributed by atoms with Crippen LogP contribution in [0.3, 0.4) is 0 Å². The van der Waals surface area contributed by atoms with Gasteiger partial charge in [0.15, 0.2) is 15.8 Å². The van der Waals surface area contributed by atoms with Crippen molar-refractivity contribution in [3.63, 3.8) is 0 Å². The molecule has 1 saturated heterocycles. The van der Waals surface area contributed by atoms with E-state index in [4.69, 9.17) is 9.47 Å². The van der Waals surface area contributed by atoms with Gasteiger partial charge in [0.1, 0.15) is 0 Å². The predicted molar refractivity (Wildman–Crippen MR) is 107 cm³/mol. The lowest BCUT2D eigenvalue weighted by Crippen LogP contribution is -2.39. The minimum atomic E-state index is -3.29. The third-order valence-electron chi connectivity index (χ3n) is 4.20. The molecule has 1 aliphatic heterocycles. The normalized spacial score (nSPS) is 17.8. The molecule has 1 fully saturated rings. The summed E-state index contributed by atoms with van der Waals surface area (Å²) in [6, 6.07) is 8.50. The van der Waals surface area contributed by atoms with E-state index in [0.29, 0.717) is 36.5 Å². The molecule has 152 valence electrons. The van der Waals surface area contributed by atoms with Gasteiger partial charge in [0.05, 0.1) is 23.9 Å². The molecule has 7 nitrogen and oxygen atoms in total. The molecule has 2 rings (SSSR count). The van der Waals surface area contributed by atoms with E-state index < -0.39 is 9.84 Å². The van der Waals surface area contributed by atoms with Crippen molar-refractivity contribution in [2.45, 2.75) is 24.7 Å². The predicted octanol–water partition coefficient (Wildman–Crippen LogP) is 1.46. The van der Waals surface area contributed by atoms with E-state index in [2.05, 4.69) is 15.6 Å². The fourth-order valence-corrected chi connectivity index (χ4v) is 3.89. The van der Waals surface area contributed by atoms with Crippen molar-refractivity contribution in [1.29, 1.82) is 0 Å². The van der Waals surface area contributed by atoms with Gasteiger partial charge in [-0.25, -0.2) is 8.42 Å². The molecular weight excluding hydrogens is 366 g/mol. The highest BCUT2D eigenvalue weighted by molar-refractivity contribution is 7.91. The molecule has 0 saturated carbocycles. The summed E-state index contributed by atoms with van der Waals surface area (Å²) in [5, 5.41) is 6.22. The van der Waals surface area contributed by atoms with E-state index in [1.807, 2.05) is 6.92 Å². The van der Waals surface area contributed by atoms with Gasteiger partial charge in [-0.2, -0.15) is 0 Å². The van der Waals surface area contributed by atoms with Crippen LogP contribution in [0.25, 0.3) is 0 Å². The van der Waals surface area contributed by atoms with Gasteiger partial charge in [-0.3, -0.25) is 4.99 Å². The Balaban J connectivity index is 1.66. The number of ether oxygens (including phenoxy) is 2. The van der Waals surface area contributed by atoms with Crippen molar-refractivity contribution in [2.24, 2.45) is 10.9 Å². The summed E-state index contributed by atoms with van der Waals surface area (Å²) >= 11 is 0. The molecule has 1 aromatic carbocycles. The second kappa shape index (κ2) is 11.9. The molecule has 0 bridgehead atoms. The van der Waals surface area contributed by atoms with E-state index in [1.54, 1.807) is 30.3 Å². The highest BCUT2D eigenvalue weighted by Crippen LogP contribution is 2.12. The maximum Gasteiger partial charge on any atom is 0.191 e. The van der Waals surface area contributed by atoms with Crippen molar-refractivity contribution in [2.75, 3.05) is 51.8 Å². The highest BCUT2D eigenvalue weighted by Gasteiger charge is 2.15. The van der Waals surface area contributed by atoms with Crippen LogP contribution in [0.1, 0.15) is 19.8 Å². The first-order chi connectivity index (χ1) is 13.1. The maximum atomic E-state index is 12.3. The number of hydrogen-bond acceptors (Lipinski definition) is 5. The third-order valence-corrected chi connectivity index (χ3v) is 5.94. The largest absolute Gasteiger partial charge is 0.381 e. The Kier molecular flexibility index (Phi) is 9.58. The number of nitrogens with one attached hydrogen (secondary N) is 2. The van der Waals surface area contributed by atoms with Crippen LogP contribution in [0.4, 0.5) is 0 Å². The van der Waals surface area contributed by atoms with Gasteiger partial charge in [-0.05, 0) is 31.9 Å². The van der Waals surface area contributed by atoms with Crippen LogP contribution < -0.4 is 10.6 Å². The molecule has 1 aromatic rings. The lowest BCUT2D eigenvalue weighted by Gasteiger charge is -2.12. The summed E-state index contributed by atoms with van der Waals surface area (Å²) in [5.74, 6) is 1.18. The molecule has 0 aliphatic carbocycles. The van der Waals surface area contributed by atoms with Gasteiger partial charge < -0.3 is 20.1 Å². The zero-order valence-corrected chi connectivity index (χ0v) is 16.8. The number of guanidine groups is 1. The van der Waals surface area contributed by atoms with E-state index in [9.17, 15) is 8.42 Å². The molecule has 1 unspecified atom stereocenters. The zero-order valence-electron chi connectivity index (χ0n) is 16.0. The van der Waals surface area contributed by atoms with E-state index in [-0.39, 0.29) is 5.75 Å². The van der Waals surface area contributed by atoms with Gasteiger partial charge in [-0.15, -0.1) is 0 Å². The van der Waals surface area contributed by atoms with Crippen LogP contribution in [0, 0.1) is 5.92 Å².